The normalized spacial score (nSPS) is 10.5. The molecule has 0 bridgehead atoms. The maximum atomic E-state index is 3.51. The van der Waals surface area contributed by atoms with Crippen LogP contribution in [0, 0.1) is 6.92 Å². The molecule has 0 spiro atoms. The zero-order valence-electron chi connectivity index (χ0n) is 10.1. The molecule has 1 aromatic carbocycles. The Morgan fingerprint density at radius 3 is 2.71 bits per heavy atom. The highest BCUT2D eigenvalue weighted by atomic mass is 79.9. The quantitative estimate of drug-likeness (QED) is 0.838. The van der Waals surface area contributed by atoms with Crippen molar-refractivity contribution in [2.45, 2.75) is 26.8 Å². The molecule has 1 nitrogen and oxygen atoms in total. The number of halogens is 1. The van der Waals surface area contributed by atoms with Crippen LogP contribution < -0.4 is 5.32 Å². The molecular weight excluding hydrogens is 294 g/mol. The summed E-state index contributed by atoms with van der Waals surface area (Å²) in [4.78, 5) is 2.75. The highest BCUT2D eigenvalue weighted by molar-refractivity contribution is 9.10. The van der Waals surface area contributed by atoms with Crippen LogP contribution >= 0.6 is 27.3 Å². The molecule has 0 aliphatic rings. The molecule has 2 rings (SSSR count). The lowest BCUT2D eigenvalue weighted by atomic mass is 10.1. The van der Waals surface area contributed by atoms with E-state index >= 15 is 0 Å². The molecule has 0 fully saturated rings. The first-order valence-electron chi connectivity index (χ1n) is 5.76. The van der Waals surface area contributed by atoms with Crippen LogP contribution in [0.5, 0.6) is 0 Å². The second kappa shape index (κ2) is 5.69. The molecule has 90 valence electrons. The van der Waals surface area contributed by atoms with E-state index in [9.17, 15) is 0 Å². The van der Waals surface area contributed by atoms with E-state index in [0.29, 0.717) is 0 Å². The van der Waals surface area contributed by atoms with Crippen molar-refractivity contribution in [3.05, 3.63) is 50.1 Å². The molecule has 0 unspecified atom stereocenters. The largest absolute Gasteiger partial charge is 0.380 e. The summed E-state index contributed by atoms with van der Waals surface area (Å²) in [7, 11) is 0. The number of thiophene rings is 1. The predicted octanol–water partition coefficient (Wildman–Crippen LogP) is 4.99. The van der Waals surface area contributed by atoms with Gasteiger partial charge in [0.15, 0.2) is 0 Å². The Kier molecular flexibility index (Phi) is 4.24. The van der Waals surface area contributed by atoms with Gasteiger partial charge in [0.1, 0.15) is 0 Å². The van der Waals surface area contributed by atoms with Crippen LogP contribution in [0.4, 0.5) is 5.69 Å². The highest BCUT2D eigenvalue weighted by Crippen LogP contribution is 2.23. The van der Waals surface area contributed by atoms with E-state index in [2.05, 4.69) is 65.4 Å². The molecule has 0 amide bonds. The summed E-state index contributed by atoms with van der Waals surface area (Å²) in [5.41, 5.74) is 2.59. The van der Waals surface area contributed by atoms with Crippen molar-refractivity contribution in [1.29, 1.82) is 0 Å². The summed E-state index contributed by atoms with van der Waals surface area (Å²) in [6, 6.07) is 10.8. The fraction of sp³-hybridized carbons (Fsp3) is 0.286. The smallest absolute Gasteiger partial charge is 0.0494 e. The first-order chi connectivity index (χ1) is 8.19. The Bertz CT molecular complexity index is 505. The van der Waals surface area contributed by atoms with Crippen molar-refractivity contribution >= 4 is 33.0 Å². The Morgan fingerprint density at radius 1 is 1.24 bits per heavy atom. The van der Waals surface area contributed by atoms with Crippen LogP contribution in [0.3, 0.4) is 0 Å². The molecule has 1 heterocycles. The Hall–Kier alpha value is -0.800. The van der Waals surface area contributed by atoms with Gasteiger partial charge in [-0.3, -0.25) is 0 Å². The van der Waals surface area contributed by atoms with Crippen molar-refractivity contribution in [1.82, 2.24) is 0 Å². The average molecular weight is 310 g/mol. The molecule has 0 atom stereocenters. The topological polar surface area (TPSA) is 12.0 Å². The number of hydrogen-bond donors (Lipinski definition) is 1. The average Bonchev–Trinajstić information content (AvgIpc) is 2.73. The Morgan fingerprint density at radius 2 is 2.06 bits per heavy atom. The summed E-state index contributed by atoms with van der Waals surface area (Å²) in [5.74, 6) is 0. The third kappa shape index (κ3) is 3.33. The summed E-state index contributed by atoms with van der Waals surface area (Å²) in [5, 5.41) is 3.51. The van der Waals surface area contributed by atoms with Gasteiger partial charge in [0.2, 0.25) is 0 Å². The minimum atomic E-state index is 0.910. The Labute approximate surface area is 115 Å². The van der Waals surface area contributed by atoms with Gasteiger partial charge in [-0.2, -0.15) is 0 Å². The SMILES string of the molecule is CCc1cc(Br)ccc1NCc1ccc(C)s1. The summed E-state index contributed by atoms with van der Waals surface area (Å²) < 4.78 is 1.15. The summed E-state index contributed by atoms with van der Waals surface area (Å²) in [6.45, 7) is 5.24. The zero-order valence-corrected chi connectivity index (χ0v) is 12.5. The van der Waals surface area contributed by atoms with Gasteiger partial charge in [-0.15, -0.1) is 11.3 Å². The molecule has 1 aromatic heterocycles. The molecule has 0 radical (unpaired) electrons. The van der Waals surface area contributed by atoms with Gasteiger partial charge >= 0.3 is 0 Å². The van der Waals surface area contributed by atoms with E-state index in [4.69, 9.17) is 0 Å². The van der Waals surface area contributed by atoms with E-state index in [0.717, 1.165) is 17.4 Å². The minimum absolute atomic E-state index is 0.910. The molecule has 0 saturated carbocycles. The predicted molar refractivity (Wildman–Crippen MR) is 79.9 cm³/mol. The van der Waals surface area contributed by atoms with Crippen molar-refractivity contribution < 1.29 is 0 Å². The minimum Gasteiger partial charge on any atom is -0.380 e. The molecule has 0 saturated heterocycles. The number of benzene rings is 1. The monoisotopic (exact) mass is 309 g/mol. The Balaban J connectivity index is 2.08. The van der Waals surface area contributed by atoms with Gasteiger partial charge in [-0.1, -0.05) is 22.9 Å². The van der Waals surface area contributed by atoms with Crippen molar-refractivity contribution in [3.63, 3.8) is 0 Å². The van der Waals surface area contributed by atoms with Crippen LogP contribution in [0.1, 0.15) is 22.2 Å². The van der Waals surface area contributed by atoms with Crippen molar-refractivity contribution in [2.75, 3.05) is 5.32 Å². The lowest BCUT2D eigenvalue weighted by molar-refractivity contribution is 1.10. The maximum absolute atomic E-state index is 3.51. The number of anilines is 1. The highest BCUT2D eigenvalue weighted by Gasteiger charge is 2.02. The van der Waals surface area contributed by atoms with Crippen LogP contribution in [0.2, 0.25) is 0 Å². The second-order valence-electron chi connectivity index (χ2n) is 4.02. The number of hydrogen-bond acceptors (Lipinski definition) is 2. The van der Waals surface area contributed by atoms with Crippen molar-refractivity contribution in [2.24, 2.45) is 0 Å². The first-order valence-corrected chi connectivity index (χ1v) is 7.37. The van der Waals surface area contributed by atoms with E-state index in [1.54, 1.807) is 0 Å². The fourth-order valence-corrected chi connectivity index (χ4v) is 3.03. The molecule has 0 aliphatic carbocycles. The van der Waals surface area contributed by atoms with Gasteiger partial charge in [0.05, 0.1) is 0 Å². The number of rotatable bonds is 4. The lowest BCUT2D eigenvalue weighted by Crippen LogP contribution is -2.00. The van der Waals surface area contributed by atoms with Crippen molar-refractivity contribution in [3.8, 4) is 0 Å². The first kappa shape index (κ1) is 12.7. The molecule has 2 aromatic rings. The van der Waals surface area contributed by atoms with Crippen LogP contribution in [0.25, 0.3) is 0 Å². The van der Waals surface area contributed by atoms with Crippen LogP contribution in [0.15, 0.2) is 34.8 Å². The van der Waals surface area contributed by atoms with E-state index in [1.807, 2.05) is 11.3 Å². The molecular formula is C14H16BrNS. The molecule has 1 N–H and O–H groups in total. The number of nitrogens with one attached hydrogen (secondary N) is 1. The summed E-state index contributed by atoms with van der Waals surface area (Å²) in [6.07, 6.45) is 1.05. The zero-order chi connectivity index (χ0) is 12.3. The number of aryl methyl sites for hydroxylation is 2. The van der Waals surface area contributed by atoms with Crippen LogP contribution in [-0.2, 0) is 13.0 Å². The van der Waals surface area contributed by atoms with Gasteiger partial charge in [-0.25, -0.2) is 0 Å². The van der Waals surface area contributed by atoms with Gasteiger partial charge in [0.25, 0.3) is 0 Å². The third-order valence-corrected chi connectivity index (χ3v) is 4.19. The molecule has 0 aliphatic heterocycles. The van der Waals surface area contributed by atoms with E-state index < -0.39 is 0 Å². The van der Waals surface area contributed by atoms with Gasteiger partial charge in [-0.05, 0) is 49.2 Å². The fourth-order valence-electron chi connectivity index (χ4n) is 1.79. The summed E-state index contributed by atoms with van der Waals surface area (Å²) >= 11 is 5.36. The third-order valence-electron chi connectivity index (χ3n) is 2.70. The van der Waals surface area contributed by atoms with Gasteiger partial charge < -0.3 is 5.32 Å². The standard InChI is InChI=1S/C14H16BrNS/c1-3-11-8-12(15)5-7-14(11)16-9-13-6-4-10(2)17-13/h4-8,16H,3,9H2,1-2H3. The second-order valence-corrected chi connectivity index (χ2v) is 6.31. The maximum Gasteiger partial charge on any atom is 0.0494 e. The van der Waals surface area contributed by atoms with E-state index in [1.165, 1.54) is 21.0 Å². The lowest BCUT2D eigenvalue weighted by Gasteiger charge is -2.10. The van der Waals surface area contributed by atoms with Crippen LogP contribution in [-0.4, -0.2) is 0 Å². The van der Waals surface area contributed by atoms with Gasteiger partial charge in [0, 0.05) is 26.5 Å². The molecule has 17 heavy (non-hydrogen) atoms. The van der Waals surface area contributed by atoms with E-state index in [-0.39, 0.29) is 0 Å². The molecule has 3 heteroatoms.